The highest BCUT2D eigenvalue weighted by atomic mass is 16.2. The molecular formula is C24H25NO. The predicted octanol–water partition coefficient (Wildman–Crippen LogP) is 5.09. The first-order valence-corrected chi connectivity index (χ1v) is 8.98. The molecule has 26 heavy (non-hydrogen) atoms. The molecule has 2 nitrogen and oxygen atoms in total. The molecular weight excluding hydrogens is 318 g/mol. The van der Waals surface area contributed by atoms with E-state index >= 15 is 0 Å². The number of nitrogens with zero attached hydrogens (tertiary/aromatic N) is 1. The molecule has 0 heterocycles. The maximum atomic E-state index is 13.0. The van der Waals surface area contributed by atoms with Gasteiger partial charge in [0.25, 0.3) is 0 Å². The number of benzene rings is 3. The van der Waals surface area contributed by atoms with E-state index in [9.17, 15) is 4.79 Å². The molecule has 3 aromatic carbocycles. The Bertz CT molecular complexity index is 832. The zero-order chi connectivity index (χ0) is 18.5. The van der Waals surface area contributed by atoms with Crippen molar-refractivity contribution in [3.8, 4) is 0 Å². The Hall–Kier alpha value is -2.87. The Labute approximate surface area is 156 Å². The number of hydrogen-bond acceptors (Lipinski definition) is 1. The van der Waals surface area contributed by atoms with Gasteiger partial charge in [-0.3, -0.25) is 4.79 Å². The van der Waals surface area contributed by atoms with Gasteiger partial charge in [-0.1, -0.05) is 78.9 Å². The fourth-order valence-corrected chi connectivity index (χ4v) is 3.27. The standard InChI is InChI=1S/C24H25NO/c1-18-14-15-20(16-19(18)2)17-23(26)25(3)24(21-10-6-4-7-11-21)22-12-8-5-9-13-22/h4-16,24H,17H2,1-3H3. The number of rotatable bonds is 5. The summed E-state index contributed by atoms with van der Waals surface area (Å²) in [6.45, 7) is 4.18. The van der Waals surface area contributed by atoms with Crippen LogP contribution in [-0.4, -0.2) is 17.9 Å². The second-order valence-corrected chi connectivity index (χ2v) is 6.82. The van der Waals surface area contributed by atoms with Crippen molar-refractivity contribution in [3.63, 3.8) is 0 Å². The van der Waals surface area contributed by atoms with Gasteiger partial charge in [-0.15, -0.1) is 0 Å². The lowest BCUT2D eigenvalue weighted by molar-refractivity contribution is -0.130. The number of aryl methyl sites for hydroxylation is 2. The summed E-state index contributed by atoms with van der Waals surface area (Å²) in [5.74, 6) is 0.117. The zero-order valence-corrected chi connectivity index (χ0v) is 15.6. The molecule has 0 aliphatic heterocycles. The van der Waals surface area contributed by atoms with E-state index in [1.54, 1.807) is 0 Å². The van der Waals surface area contributed by atoms with Crippen molar-refractivity contribution >= 4 is 5.91 Å². The highest BCUT2D eigenvalue weighted by molar-refractivity contribution is 5.79. The normalized spacial score (nSPS) is 10.8. The largest absolute Gasteiger partial charge is 0.334 e. The van der Waals surface area contributed by atoms with Crippen molar-refractivity contribution < 1.29 is 4.79 Å². The molecule has 0 aromatic heterocycles. The molecule has 0 saturated carbocycles. The molecule has 2 heteroatoms. The summed E-state index contributed by atoms with van der Waals surface area (Å²) in [7, 11) is 1.90. The molecule has 0 aliphatic carbocycles. The van der Waals surface area contributed by atoms with Gasteiger partial charge >= 0.3 is 0 Å². The van der Waals surface area contributed by atoms with Gasteiger partial charge in [0.05, 0.1) is 12.5 Å². The molecule has 0 spiro atoms. The van der Waals surface area contributed by atoms with E-state index in [0.29, 0.717) is 6.42 Å². The topological polar surface area (TPSA) is 20.3 Å². The fourth-order valence-electron chi connectivity index (χ4n) is 3.27. The van der Waals surface area contributed by atoms with Crippen LogP contribution >= 0.6 is 0 Å². The van der Waals surface area contributed by atoms with Crippen molar-refractivity contribution in [2.45, 2.75) is 26.3 Å². The number of carbonyl (C=O) groups is 1. The monoisotopic (exact) mass is 343 g/mol. The van der Waals surface area contributed by atoms with Crippen molar-refractivity contribution in [3.05, 3.63) is 107 Å². The minimum atomic E-state index is -0.0866. The lowest BCUT2D eigenvalue weighted by Crippen LogP contribution is -2.33. The third kappa shape index (κ3) is 4.02. The highest BCUT2D eigenvalue weighted by Crippen LogP contribution is 2.28. The molecule has 0 N–H and O–H groups in total. The lowest BCUT2D eigenvalue weighted by Gasteiger charge is -2.29. The van der Waals surface area contributed by atoms with Crippen LogP contribution in [0.15, 0.2) is 78.9 Å². The smallest absolute Gasteiger partial charge is 0.227 e. The van der Waals surface area contributed by atoms with E-state index in [-0.39, 0.29) is 11.9 Å². The minimum absolute atomic E-state index is 0.0866. The molecule has 3 rings (SSSR count). The van der Waals surface area contributed by atoms with Crippen LogP contribution in [0.2, 0.25) is 0 Å². The molecule has 1 amide bonds. The molecule has 0 bridgehead atoms. The third-order valence-corrected chi connectivity index (χ3v) is 4.94. The molecule has 3 aromatic rings. The summed E-state index contributed by atoms with van der Waals surface area (Å²) in [4.78, 5) is 14.9. The van der Waals surface area contributed by atoms with Gasteiger partial charge in [0.2, 0.25) is 5.91 Å². The molecule has 0 fully saturated rings. The van der Waals surface area contributed by atoms with Gasteiger partial charge in [-0.2, -0.15) is 0 Å². The summed E-state index contributed by atoms with van der Waals surface area (Å²) in [6, 6.07) is 26.6. The number of carbonyl (C=O) groups excluding carboxylic acids is 1. The average Bonchev–Trinajstić information content (AvgIpc) is 2.66. The first kappa shape index (κ1) is 17.9. The second kappa shape index (κ2) is 8.01. The van der Waals surface area contributed by atoms with Gasteiger partial charge in [0, 0.05) is 7.05 Å². The molecule has 0 unspecified atom stereocenters. The van der Waals surface area contributed by atoms with Gasteiger partial charge in [-0.25, -0.2) is 0 Å². The Kier molecular flexibility index (Phi) is 5.52. The minimum Gasteiger partial charge on any atom is -0.334 e. The molecule has 0 saturated heterocycles. The summed E-state index contributed by atoms with van der Waals surface area (Å²) in [5.41, 5.74) is 5.77. The van der Waals surface area contributed by atoms with Crippen LogP contribution in [0.4, 0.5) is 0 Å². The van der Waals surface area contributed by atoms with Crippen LogP contribution < -0.4 is 0 Å². The van der Waals surface area contributed by atoms with Gasteiger partial charge in [0.15, 0.2) is 0 Å². The predicted molar refractivity (Wildman–Crippen MR) is 107 cm³/mol. The summed E-state index contributed by atoms with van der Waals surface area (Å²) >= 11 is 0. The molecule has 0 aliphatic rings. The van der Waals surface area contributed by atoms with Crippen LogP contribution in [-0.2, 0) is 11.2 Å². The maximum absolute atomic E-state index is 13.0. The summed E-state index contributed by atoms with van der Waals surface area (Å²) < 4.78 is 0. The van der Waals surface area contributed by atoms with E-state index in [1.807, 2.05) is 54.4 Å². The molecule has 0 radical (unpaired) electrons. The second-order valence-electron chi connectivity index (χ2n) is 6.82. The van der Waals surface area contributed by atoms with E-state index in [4.69, 9.17) is 0 Å². The van der Waals surface area contributed by atoms with E-state index in [2.05, 4.69) is 50.2 Å². The fraction of sp³-hybridized carbons (Fsp3) is 0.208. The number of hydrogen-bond donors (Lipinski definition) is 0. The summed E-state index contributed by atoms with van der Waals surface area (Å²) in [5, 5.41) is 0. The first-order valence-electron chi connectivity index (χ1n) is 8.98. The van der Waals surface area contributed by atoms with Crippen molar-refractivity contribution in [2.75, 3.05) is 7.05 Å². The van der Waals surface area contributed by atoms with Crippen molar-refractivity contribution in [1.29, 1.82) is 0 Å². The van der Waals surface area contributed by atoms with Crippen LogP contribution in [0, 0.1) is 13.8 Å². The molecule has 0 atom stereocenters. The van der Waals surface area contributed by atoms with E-state index in [1.165, 1.54) is 11.1 Å². The average molecular weight is 343 g/mol. The zero-order valence-electron chi connectivity index (χ0n) is 15.6. The number of amides is 1. The highest BCUT2D eigenvalue weighted by Gasteiger charge is 2.23. The van der Waals surface area contributed by atoms with Crippen molar-refractivity contribution in [2.24, 2.45) is 0 Å². The lowest BCUT2D eigenvalue weighted by atomic mass is 9.96. The first-order chi connectivity index (χ1) is 12.6. The Morgan fingerprint density at radius 2 is 1.35 bits per heavy atom. The quantitative estimate of drug-likeness (QED) is 0.631. The van der Waals surface area contributed by atoms with Crippen LogP contribution in [0.3, 0.4) is 0 Å². The summed E-state index contributed by atoms with van der Waals surface area (Å²) in [6.07, 6.45) is 0.411. The van der Waals surface area contributed by atoms with Crippen molar-refractivity contribution in [1.82, 2.24) is 4.90 Å². The van der Waals surface area contributed by atoms with Gasteiger partial charge in [-0.05, 0) is 41.7 Å². The van der Waals surface area contributed by atoms with Gasteiger partial charge < -0.3 is 4.90 Å². The SMILES string of the molecule is Cc1ccc(CC(=O)N(C)C(c2ccccc2)c2ccccc2)cc1C. The maximum Gasteiger partial charge on any atom is 0.227 e. The molecule has 132 valence electrons. The van der Waals surface area contributed by atoms with Crippen LogP contribution in [0.25, 0.3) is 0 Å². The number of likely N-dealkylation sites (N-methyl/N-ethyl adjacent to an activating group) is 1. The van der Waals surface area contributed by atoms with Crippen LogP contribution in [0.5, 0.6) is 0 Å². The Morgan fingerprint density at radius 3 is 1.85 bits per heavy atom. The Morgan fingerprint density at radius 1 is 0.808 bits per heavy atom. The third-order valence-electron chi connectivity index (χ3n) is 4.94. The van der Waals surface area contributed by atoms with Gasteiger partial charge in [0.1, 0.15) is 0 Å². The van der Waals surface area contributed by atoms with E-state index < -0.39 is 0 Å². The van der Waals surface area contributed by atoms with E-state index in [0.717, 1.165) is 16.7 Å². The Balaban J connectivity index is 1.88. The van der Waals surface area contributed by atoms with Crippen LogP contribution in [0.1, 0.15) is 33.9 Å².